The first-order valence-corrected chi connectivity index (χ1v) is 5.54. The van der Waals surface area contributed by atoms with E-state index < -0.39 is 0 Å². The molecule has 0 heterocycles. The Kier molecular flexibility index (Phi) is 5.70. The third-order valence-electron chi connectivity index (χ3n) is 2.09. The van der Waals surface area contributed by atoms with Crippen molar-refractivity contribution in [2.45, 2.75) is 57.3 Å². The molecular formula is C9H21NS2. The summed E-state index contributed by atoms with van der Waals surface area (Å²) < 4.78 is 0.134. The first-order valence-electron chi connectivity index (χ1n) is 4.51. The average molecular weight is 207 g/mol. The molecular weight excluding hydrogens is 186 g/mol. The molecule has 0 amide bonds. The van der Waals surface area contributed by atoms with Gasteiger partial charge in [0, 0.05) is 18.1 Å². The molecule has 12 heavy (non-hydrogen) atoms. The van der Waals surface area contributed by atoms with Crippen LogP contribution in [0.15, 0.2) is 0 Å². The molecule has 74 valence electrons. The fourth-order valence-corrected chi connectivity index (χ4v) is 2.00. The zero-order chi connectivity index (χ0) is 9.89. The maximum Gasteiger partial charge on any atom is 0.0594 e. The van der Waals surface area contributed by atoms with Crippen LogP contribution in [0.25, 0.3) is 0 Å². The van der Waals surface area contributed by atoms with Crippen LogP contribution in [0.5, 0.6) is 0 Å². The van der Waals surface area contributed by atoms with Crippen molar-refractivity contribution < 1.29 is 0 Å². The van der Waals surface area contributed by atoms with Gasteiger partial charge >= 0.3 is 0 Å². The Morgan fingerprint density at radius 3 is 1.25 bits per heavy atom. The Labute approximate surface area is 87.7 Å². The summed E-state index contributed by atoms with van der Waals surface area (Å²) in [5.74, 6) is 0. The van der Waals surface area contributed by atoms with E-state index in [1.165, 1.54) is 0 Å². The zero-order valence-electron chi connectivity index (χ0n) is 8.65. The Bertz CT molecular complexity index is 116. The second-order valence-electron chi connectivity index (χ2n) is 3.79. The van der Waals surface area contributed by atoms with E-state index in [-0.39, 0.29) is 4.58 Å². The largest absolute Gasteiger partial charge is 0.294 e. The maximum atomic E-state index is 4.34. The molecule has 0 aromatic heterocycles. The fourth-order valence-electron chi connectivity index (χ4n) is 1.69. The summed E-state index contributed by atoms with van der Waals surface area (Å²) in [6.07, 6.45) is 0. The second-order valence-corrected chi connectivity index (χ2v) is 5.31. The fraction of sp³-hybridized carbons (Fsp3) is 1.00. The molecule has 0 radical (unpaired) electrons. The van der Waals surface area contributed by atoms with E-state index in [1.807, 2.05) is 0 Å². The van der Waals surface area contributed by atoms with Crippen LogP contribution in [-0.4, -0.2) is 27.6 Å². The van der Waals surface area contributed by atoms with Gasteiger partial charge in [-0.3, -0.25) is 4.90 Å². The number of nitrogens with zero attached hydrogens (tertiary/aromatic N) is 1. The Morgan fingerprint density at radius 1 is 0.833 bits per heavy atom. The first-order chi connectivity index (χ1) is 5.37. The smallest absolute Gasteiger partial charge is 0.0594 e. The van der Waals surface area contributed by atoms with Gasteiger partial charge in [-0.25, -0.2) is 0 Å². The van der Waals surface area contributed by atoms with Crippen molar-refractivity contribution in [2.24, 2.45) is 0 Å². The number of thiol groups is 2. The molecule has 1 unspecified atom stereocenters. The molecule has 0 rings (SSSR count). The molecule has 1 nitrogen and oxygen atoms in total. The van der Waals surface area contributed by atoms with Crippen molar-refractivity contribution in [3.05, 3.63) is 0 Å². The van der Waals surface area contributed by atoms with Gasteiger partial charge in [-0.05, 0) is 34.6 Å². The van der Waals surface area contributed by atoms with Crippen LogP contribution in [0.1, 0.15) is 34.6 Å². The third-order valence-corrected chi connectivity index (χ3v) is 2.96. The highest BCUT2D eigenvalue weighted by molar-refractivity contribution is 7.99. The van der Waals surface area contributed by atoms with Gasteiger partial charge in [0.2, 0.25) is 0 Å². The molecule has 0 fully saturated rings. The Morgan fingerprint density at radius 2 is 1.17 bits per heavy atom. The lowest BCUT2D eigenvalue weighted by atomic mass is 10.2. The van der Waals surface area contributed by atoms with E-state index in [9.17, 15) is 0 Å². The standard InChI is InChI=1S/C9H21NS2/c1-6(2)10(7(3)4)8(5)9(11)12/h6-9,11-12H,1-5H3. The van der Waals surface area contributed by atoms with Crippen LogP contribution < -0.4 is 0 Å². The van der Waals surface area contributed by atoms with E-state index >= 15 is 0 Å². The van der Waals surface area contributed by atoms with Crippen molar-refractivity contribution in [1.29, 1.82) is 0 Å². The number of rotatable bonds is 4. The summed E-state index contributed by atoms with van der Waals surface area (Å²) in [7, 11) is 0. The summed E-state index contributed by atoms with van der Waals surface area (Å²) in [5, 5.41) is 0. The van der Waals surface area contributed by atoms with Crippen LogP contribution in [0.2, 0.25) is 0 Å². The van der Waals surface area contributed by atoms with E-state index in [4.69, 9.17) is 0 Å². The molecule has 0 bridgehead atoms. The molecule has 0 aliphatic rings. The van der Waals surface area contributed by atoms with Crippen LogP contribution in [0, 0.1) is 0 Å². The molecule has 0 aliphatic heterocycles. The minimum atomic E-state index is 0.134. The quantitative estimate of drug-likeness (QED) is 0.529. The number of hydrogen-bond donors (Lipinski definition) is 2. The normalized spacial score (nSPS) is 15.2. The lowest BCUT2D eigenvalue weighted by Crippen LogP contribution is -2.46. The first kappa shape index (κ1) is 12.7. The van der Waals surface area contributed by atoms with Crippen LogP contribution in [0.4, 0.5) is 0 Å². The molecule has 0 saturated heterocycles. The third kappa shape index (κ3) is 3.58. The van der Waals surface area contributed by atoms with Gasteiger partial charge in [0.15, 0.2) is 0 Å². The highest BCUT2D eigenvalue weighted by Gasteiger charge is 2.22. The van der Waals surface area contributed by atoms with Gasteiger partial charge in [-0.15, -0.1) is 0 Å². The SMILES string of the molecule is CC(C)N(C(C)C)C(C)C(S)S. The zero-order valence-corrected chi connectivity index (χ0v) is 10.4. The predicted molar refractivity (Wildman–Crippen MR) is 63.3 cm³/mol. The van der Waals surface area contributed by atoms with Gasteiger partial charge in [-0.2, -0.15) is 25.3 Å². The Hall–Kier alpha value is 0.660. The summed E-state index contributed by atoms with van der Waals surface area (Å²) >= 11 is 8.69. The Balaban J connectivity index is 4.30. The van der Waals surface area contributed by atoms with Crippen molar-refractivity contribution in [3.63, 3.8) is 0 Å². The maximum absolute atomic E-state index is 4.34. The van der Waals surface area contributed by atoms with Crippen LogP contribution in [0.3, 0.4) is 0 Å². The van der Waals surface area contributed by atoms with Crippen LogP contribution >= 0.6 is 25.3 Å². The minimum Gasteiger partial charge on any atom is -0.294 e. The lowest BCUT2D eigenvalue weighted by Gasteiger charge is -2.37. The van der Waals surface area contributed by atoms with Gasteiger partial charge in [-0.1, -0.05) is 0 Å². The molecule has 3 heteroatoms. The van der Waals surface area contributed by atoms with Crippen molar-refractivity contribution in [1.82, 2.24) is 4.90 Å². The minimum absolute atomic E-state index is 0.134. The van der Waals surface area contributed by atoms with Crippen molar-refractivity contribution >= 4 is 25.3 Å². The van der Waals surface area contributed by atoms with Crippen LogP contribution in [-0.2, 0) is 0 Å². The number of hydrogen-bond acceptors (Lipinski definition) is 3. The molecule has 0 aliphatic carbocycles. The highest BCUT2D eigenvalue weighted by atomic mass is 32.2. The van der Waals surface area contributed by atoms with E-state index in [1.54, 1.807) is 0 Å². The summed E-state index contributed by atoms with van der Waals surface area (Å²) in [6.45, 7) is 11.0. The summed E-state index contributed by atoms with van der Waals surface area (Å²) in [4.78, 5) is 2.42. The summed E-state index contributed by atoms with van der Waals surface area (Å²) in [5.41, 5.74) is 0. The lowest BCUT2D eigenvalue weighted by molar-refractivity contribution is 0.132. The molecule has 1 atom stereocenters. The highest BCUT2D eigenvalue weighted by Crippen LogP contribution is 2.18. The second kappa shape index (κ2) is 5.40. The molecule has 0 spiro atoms. The van der Waals surface area contributed by atoms with E-state index in [0.29, 0.717) is 18.1 Å². The van der Waals surface area contributed by atoms with Crippen molar-refractivity contribution in [3.8, 4) is 0 Å². The van der Waals surface area contributed by atoms with Gasteiger partial charge in [0.05, 0.1) is 4.58 Å². The molecule has 0 saturated carbocycles. The molecule has 0 aromatic rings. The van der Waals surface area contributed by atoms with Crippen molar-refractivity contribution in [2.75, 3.05) is 0 Å². The monoisotopic (exact) mass is 207 g/mol. The average Bonchev–Trinajstić information content (AvgIpc) is 1.85. The van der Waals surface area contributed by atoms with Gasteiger partial charge in [0.1, 0.15) is 0 Å². The molecule has 0 N–H and O–H groups in total. The van der Waals surface area contributed by atoms with E-state index in [0.717, 1.165) is 0 Å². The predicted octanol–water partition coefficient (Wildman–Crippen LogP) is 2.68. The van der Waals surface area contributed by atoms with Gasteiger partial charge in [0.25, 0.3) is 0 Å². The molecule has 0 aromatic carbocycles. The topological polar surface area (TPSA) is 3.24 Å². The van der Waals surface area contributed by atoms with E-state index in [2.05, 4.69) is 64.8 Å². The summed E-state index contributed by atoms with van der Waals surface area (Å²) in [6, 6.07) is 1.53. The van der Waals surface area contributed by atoms with Gasteiger partial charge < -0.3 is 0 Å².